The van der Waals surface area contributed by atoms with Crippen LogP contribution in [0.15, 0.2) is 42.5 Å². The molecular formula is C16H16N2O4. The molecule has 6 heteroatoms. The van der Waals surface area contributed by atoms with Crippen LogP contribution in [-0.2, 0) is 14.3 Å². The van der Waals surface area contributed by atoms with Crippen molar-refractivity contribution in [3.05, 3.63) is 53.6 Å². The van der Waals surface area contributed by atoms with Gasteiger partial charge in [-0.25, -0.2) is 4.79 Å². The van der Waals surface area contributed by atoms with Crippen molar-refractivity contribution < 1.29 is 23.9 Å². The lowest BCUT2D eigenvalue weighted by molar-refractivity contribution is -0.137. The fourth-order valence-electron chi connectivity index (χ4n) is 1.66. The maximum Gasteiger partial charge on any atom is 0.405 e. The van der Waals surface area contributed by atoms with Crippen LogP contribution in [0.25, 0.3) is 5.53 Å². The summed E-state index contributed by atoms with van der Waals surface area (Å²) in [5.74, 6) is -1.72. The molecule has 22 heavy (non-hydrogen) atoms. The standard InChI is InChI=1S/C16H16N2O4/c1-2-22-14(20)11-7-6-10-13(19)15(18-17)16(21)12-8-4-3-5-9-12/h3-5,7-9,11H,2,6,10H2,1H3/b11-7+. The average Bonchev–Trinajstić information content (AvgIpc) is 2.53. The molecule has 0 saturated heterocycles. The van der Waals surface area contributed by atoms with E-state index < -0.39 is 23.2 Å². The molecule has 0 bridgehead atoms. The summed E-state index contributed by atoms with van der Waals surface area (Å²) in [7, 11) is 0. The smallest absolute Gasteiger partial charge is 0.405 e. The molecule has 0 amide bonds. The Labute approximate surface area is 128 Å². The summed E-state index contributed by atoms with van der Waals surface area (Å²) in [6, 6.07) is 8.08. The molecular weight excluding hydrogens is 284 g/mol. The molecule has 0 saturated carbocycles. The Morgan fingerprint density at radius 1 is 1.23 bits per heavy atom. The first kappa shape index (κ1) is 17.2. The summed E-state index contributed by atoms with van der Waals surface area (Å²) >= 11 is 0. The Morgan fingerprint density at radius 3 is 2.50 bits per heavy atom. The number of hydrogen-bond donors (Lipinski definition) is 0. The van der Waals surface area contributed by atoms with Gasteiger partial charge in [-0.1, -0.05) is 36.4 Å². The van der Waals surface area contributed by atoms with Crippen LogP contribution in [0, 0.1) is 0 Å². The fourth-order valence-corrected chi connectivity index (χ4v) is 1.66. The Kier molecular flexibility index (Phi) is 7.16. The minimum atomic E-state index is -0.637. The second kappa shape index (κ2) is 9.15. The second-order valence-corrected chi connectivity index (χ2v) is 4.26. The van der Waals surface area contributed by atoms with E-state index >= 15 is 0 Å². The lowest BCUT2D eigenvalue weighted by Gasteiger charge is -1.96. The average molecular weight is 300 g/mol. The third-order valence-electron chi connectivity index (χ3n) is 2.69. The lowest BCUT2D eigenvalue weighted by Crippen LogP contribution is -2.25. The number of carbonyl (C=O) groups is 3. The minimum Gasteiger partial charge on any atom is -0.463 e. The molecule has 0 heterocycles. The van der Waals surface area contributed by atoms with E-state index in [-0.39, 0.29) is 25.0 Å². The van der Waals surface area contributed by atoms with E-state index in [1.54, 1.807) is 25.1 Å². The molecule has 1 aromatic carbocycles. The molecule has 0 aliphatic carbocycles. The predicted molar refractivity (Wildman–Crippen MR) is 79.4 cm³/mol. The zero-order chi connectivity index (χ0) is 16.4. The topological polar surface area (TPSA) is 96.8 Å². The van der Waals surface area contributed by atoms with Gasteiger partial charge in [0.25, 0.3) is 5.78 Å². The fraction of sp³-hybridized carbons (Fsp3) is 0.250. The minimum absolute atomic E-state index is 0.0477. The first-order valence-corrected chi connectivity index (χ1v) is 6.78. The maximum atomic E-state index is 12.0. The molecule has 1 aromatic rings. The van der Waals surface area contributed by atoms with E-state index in [0.29, 0.717) is 0 Å². The van der Waals surface area contributed by atoms with Gasteiger partial charge in [0.2, 0.25) is 5.78 Å². The number of hydrogen-bond acceptors (Lipinski definition) is 4. The van der Waals surface area contributed by atoms with Gasteiger partial charge < -0.3 is 10.3 Å². The van der Waals surface area contributed by atoms with Crippen LogP contribution in [0.3, 0.4) is 0 Å². The number of esters is 1. The largest absolute Gasteiger partial charge is 0.463 e. The number of carbonyl (C=O) groups excluding carboxylic acids is 3. The van der Waals surface area contributed by atoms with Crippen LogP contribution in [0.2, 0.25) is 0 Å². The quantitative estimate of drug-likeness (QED) is 0.139. The van der Waals surface area contributed by atoms with Gasteiger partial charge >= 0.3 is 11.7 Å². The Balaban J connectivity index is 2.62. The van der Waals surface area contributed by atoms with E-state index in [1.165, 1.54) is 24.3 Å². The molecule has 114 valence electrons. The van der Waals surface area contributed by atoms with Gasteiger partial charge in [0, 0.05) is 18.1 Å². The van der Waals surface area contributed by atoms with Crippen LogP contribution in [0.1, 0.15) is 30.1 Å². The van der Waals surface area contributed by atoms with Crippen molar-refractivity contribution in [2.75, 3.05) is 6.61 Å². The molecule has 0 fully saturated rings. The van der Waals surface area contributed by atoms with Gasteiger partial charge in [-0.3, -0.25) is 9.59 Å². The maximum absolute atomic E-state index is 12.0. The summed E-state index contributed by atoms with van der Waals surface area (Å²) in [4.78, 5) is 37.8. The Bertz CT molecular complexity index is 629. The van der Waals surface area contributed by atoms with E-state index in [1.807, 2.05) is 0 Å². The van der Waals surface area contributed by atoms with Crippen molar-refractivity contribution in [1.82, 2.24) is 0 Å². The molecule has 0 N–H and O–H groups in total. The molecule has 0 unspecified atom stereocenters. The summed E-state index contributed by atoms with van der Waals surface area (Å²) in [6.07, 6.45) is 2.87. The monoisotopic (exact) mass is 300 g/mol. The molecule has 1 rings (SSSR count). The molecule has 0 aliphatic rings. The Morgan fingerprint density at radius 2 is 1.91 bits per heavy atom. The summed E-state index contributed by atoms with van der Waals surface area (Å²) in [6.45, 7) is 1.96. The molecule has 0 aliphatic heterocycles. The van der Waals surface area contributed by atoms with Gasteiger partial charge in [0.05, 0.1) is 6.61 Å². The molecule has 0 aromatic heterocycles. The van der Waals surface area contributed by atoms with Gasteiger partial charge in [-0.2, -0.15) is 4.79 Å². The highest BCUT2D eigenvalue weighted by Crippen LogP contribution is 2.04. The van der Waals surface area contributed by atoms with Crippen molar-refractivity contribution in [3.8, 4) is 0 Å². The van der Waals surface area contributed by atoms with E-state index in [9.17, 15) is 14.4 Å². The third-order valence-corrected chi connectivity index (χ3v) is 2.69. The number of allylic oxidation sites excluding steroid dienone is 1. The van der Waals surface area contributed by atoms with E-state index in [2.05, 4.69) is 9.53 Å². The summed E-state index contributed by atoms with van der Waals surface area (Å²) in [5, 5.41) is 0. The summed E-state index contributed by atoms with van der Waals surface area (Å²) < 4.78 is 4.69. The molecule has 0 radical (unpaired) electrons. The van der Waals surface area contributed by atoms with Crippen LogP contribution in [0.5, 0.6) is 0 Å². The van der Waals surface area contributed by atoms with Gasteiger partial charge in [-0.05, 0) is 13.3 Å². The van der Waals surface area contributed by atoms with Crippen LogP contribution >= 0.6 is 0 Å². The molecule has 0 atom stereocenters. The second-order valence-electron chi connectivity index (χ2n) is 4.26. The third kappa shape index (κ3) is 5.26. The van der Waals surface area contributed by atoms with E-state index in [0.717, 1.165) is 0 Å². The zero-order valence-corrected chi connectivity index (χ0v) is 12.2. The number of nitrogens with zero attached hydrogens (tertiary/aromatic N) is 2. The van der Waals surface area contributed by atoms with Crippen molar-refractivity contribution in [2.24, 2.45) is 0 Å². The summed E-state index contributed by atoms with van der Waals surface area (Å²) in [5.41, 5.74) is 8.65. The lowest BCUT2D eigenvalue weighted by atomic mass is 10.0. The number of ether oxygens (including phenoxy) is 1. The van der Waals surface area contributed by atoms with Crippen molar-refractivity contribution in [1.29, 1.82) is 0 Å². The van der Waals surface area contributed by atoms with Crippen molar-refractivity contribution in [3.63, 3.8) is 0 Å². The van der Waals surface area contributed by atoms with Crippen molar-refractivity contribution >= 4 is 23.2 Å². The number of rotatable bonds is 8. The molecule has 0 spiro atoms. The van der Waals surface area contributed by atoms with Crippen LogP contribution in [-0.4, -0.2) is 34.6 Å². The van der Waals surface area contributed by atoms with Gasteiger partial charge in [0.15, 0.2) is 0 Å². The number of Topliss-reactive ketones (excluding diaryl/α,β-unsaturated/α-hetero) is 2. The Hall–Kier alpha value is -2.85. The SMILES string of the molecule is CCOC(=O)/C=C/CCC(=O)C(=[N+]=[N-])C(=O)c1ccccc1. The first-order valence-electron chi connectivity index (χ1n) is 6.78. The predicted octanol–water partition coefficient (Wildman–Crippen LogP) is 2.01. The highest BCUT2D eigenvalue weighted by atomic mass is 16.5. The zero-order valence-electron chi connectivity index (χ0n) is 12.2. The number of ketones is 2. The van der Waals surface area contributed by atoms with Gasteiger partial charge in [-0.15, -0.1) is 0 Å². The van der Waals surface area contributed by atoms with Crippen molar-refractivity contribution in [2.45, 2.75) is 19.8 Å². The van der Waals surface area contributed by atoms with E-state index in [4.69, 9.17) is 5.53 Å². The highest BCUT2D eigenvalue weighted by Gasteiger charge is 2.29. The first-order chi connectivity index (χ1) is 10.6. The van der Waals surface area contributed by atoms with Crippen LogP contribution < -0.4 is 0 Å². The van der Waals surface area contributed by atoms with Gasteiger partial charge in [0.1, 0.15) is 0 Å². The highest BCUT2D eigenvalue weighted by molar-refractivity contribution is 6.67. The van der Waals surface area contributed by atoms with Crippen LogP contribution in [0.4, 0.5) is 0 Å². The molecule has 6 nitrogen and oxygen atoms in total. The number of benzene rings is 1. The normalized spacial score (nSPS) is 10.0.